The van der Waals surface area contributed by atoms with Gasteiger partial charge >= 0.3 is 0 Å². The maximum Gasteiger partial charge on any atom is 0.242 e. The molecule has 2 atom stereocenters. The predicted octanol–water partition coefficient (Wildman–Crippen LogP) is 1.36. The van der Waals surface area contributed by atoms with Crippen LogP contribution in [0.2, 0.25) is 0 Å². The molecule has 0 radical (unpaired) electrons. The second-order valence-electron chi connectivity index (χ2n) is 4.90. The highest BCUT2D eigenvalue weighted by molar-refractivity contribution is 7.89. The van der Waals surface area contributed by atoms with Crippen LogP contribution in [0.1, 0.15) is 26.2 Å². The molecule has 2 N–H and O–H groups in total. The molecule has 1 aliphatic carbocycles. The van der Waals surface area contributed by atoms with Gasteiger partial charge in [0.2, 0.25) is 10.0 Å². The van der Waals surface area contributed by atoms with E-state index in [1.165, 1.54) is 6.20 Å². The molecule has 6 nitrogen and oxygen atoms in total. The second-order valence-corrected chi connectivity index (χ2v) is 6.61. The Bertz CT molecular complexity index is 530. The Morgan fingerprint density at radius 3 is 2.75 bits per heavy atom. The van der Waals surface area contributed by atoms with E-state index in [1.54, 1.807) is 19.2 Å². The molecule has 2 rings (SSSR count). The maximum absolute atomic E-state index is 12.2. The summed E-state index contributed by atoms with van der Waals surface area (Å²) in [5.74, 6) is 0.673. The van der Waals surface area contributed by atoms with Crippen LogP contribution in [0.4, 0.5) is 5.82 Å². The van der Waals surface area contributed by atoms with Gasteiger partial charge in [0.1, 0.15) is 10.7 Å². The highest BCUT2D eigenvalue weighted by atomic mass is 32.2. The Kier molecular flexibility index (Phi) is 4.95. The van der Waals surface area contributed by atoms with Gasteiger partial charge < -0.3 is 10.1 Å². The zero-order chi connectivity index (χ0) is 14.6. The maximum atomic E-state index is 12.2. The molecule has 0 bridgehead atoms. The molecule has 0 amide bonds. The van der Waals surface area contributed by atoms with E-state index in [-0.39, 0.29) is 17.0 Å². The molecule has 1 aromatic heterocycles. The third-order valence-electron chi connectivity index (χ3n) is 3.44. The molecule has 2 unspecified atom stereocenters. The fourth-order valence-electron chi connectivity index (χ4n) is 2.37. The minimum atomic E-state index is -3.50. The van der Waals surface area contributed by atoms with Gasteiger partial charge in [-0.1, -0.05) is 0 Å². The summed E-state index contributed by atoms with van der Waals surface area (Å²) in [5, 5.41) is 3.03. The molecule has 112 valence electrons. The van der Waals surface area contributed by atoms with E-state index in [1.807, 2.05) is 6.92 Å². The lowest BCUT2D eigenvalue weighted by Crippen LogP contribution is -2.33. The standard InChI is InChI=1S/C13H21N3O3S/c1-3-14-13-7-6-12(9-15-13)20(17,18)16-10-4-5-11(8-10)19-2/h6-7,9-11,16H,3-5,8H2,1-2H3,(H,14,15). The van der Waals surface area contributed by atoms with E-state index < -0.39 is 10.0 Å². The van der Waals surface area contributed by atoms with Crippen LogP contribution in [-0.2, 0) is 14.8 Å². The lowest BCUT2D eigenvalue weighted by atomic mass is 10.3. The molecular weight excluding hydrogens is 278 g/mol. The molecule has 1 heterocycles. The third kappa shape index (κ3) is 3.68. The lowest BCUT2D eigenvalue weighted by Gasteiger charge is -2.13. The number of hydrogen-bond acceptors (Lipinski definition) is 5. The van der Waals surface area contributed by atoms with Gasteiger partial charge in [0, 0.05) is 25.9 Å². The van der Waals surface area contributed by atoms with Crippen molar-refractivity contribution >= 4 is 15.8 Å². The van der Waals surface area contributed by atoms with Crippen LogP contribution in [0.15, 0.2) is 23.2 Å². The summed E-state index contributed by atoms with van der Waals surface area (Å²) >= 11 is 0. The molecule has 0 saturated heterocycles. The second kappa shape index (κ2) is 6.51. The summed E-state index contributed by atoms with van der Waals surface area (Å²) in [6.45, 7) is 2.71. The number of ether oxygens (including phenoxy) is 1. The first-order valence-electron chi connectivity index (χ1n) is 6.80. The SMILES string of the molecule is CCNc1ccc(S(=O)(=O)NC2CCC(OC)C2)cn1. The molecule has 0 aliphatic heterocycles. The normalized spacial score (nSPS) is 22.9. The van der Waals surface area contributed by atoms with E-state index in [0.717, 1.165) is 25.8 Å². The van der Waals surface area contributed by atoms with Crippen LogP contribution in [0.25, 0.3) is 0 Å². The van der Waals surface area contributed by atoms with E-state index in [4.69, 9.17) is 4.74 Å². The van der Waals surface area contributed by atoms with Gasteiger partial charge in [-0.2, -0.15) is 0 Å². The van der Waals surface area contributed by atoms with Gasteiger partial charge in [0.25, 0.3) is 0 Å². The topological polar surface area (TPSA) is 80.3 Å². The van der Waals surface area contributed by atoms with Crippen LogP contribution in [0, 0.1) is 0 Å². The van der Waals surface area contributed by atoms with Gasteiger partial charge in [0.15, 0.2) is 0 Å². The summed E-state index contributed by atoms with van der Waals surface area (Å²) < 4.78 is 32.4. The summed E-state index contributed by atoms with van der Waals surface area (Å²) in [7, 11) is -1.85. The Morgan fingerprint density at radius 2 is 2.20 bits per heavy atom. The van der Waals surface area contributed by atoms with Crippen molar-refractivity contribution in [2.24, 2.45) is 0 Å². The quantitative estimate of drug-likeness (QED) is 0.829. The van der Waals surface area contributed by atoms with Crippen molar-refractivity contribution in [2.45, 2.75) is 43.2 Å². The number of hydrogen-bond donors (Lipinski definition) is 2. The van der Waals surface area contributed by atoms with Crippen molar-refractivity contribution in [1.29, 1.82) is 0 Å². The Hall–Kier alpha value is -1.18. The largest absolute Gasteiger partial charge is 0.381 e. The van der Waals surface area contributed by atoms with Crippen molar-refractivity contribution in [1.82, 2.24) is 9.71 Å². The summed E-state index contributed by atoms with van der Waals surface area (Å²) in [6.07, 6.45) is 3.95. The van der Waals surface area contributed by atoms with Crippen LogP contribution in [0.5, 0.6) is 0 Å². The van der Waals surface area contributed by atoms with Gasteiger partial charge in [-0.25, -0.2) is 18.1 Å². The van der Waals surface area contributed by atoms with Crippen LogP contribution in [0.3, 0.4) is 0 Å². The van der Waals surface area contributed by atoms with Crippen molar-refractivity contribution in [3.63, 3.8) is 0 Å². The summed E-state index contributed by atoms with van der Waals surface area (Å²) in [6, 6.07) is 3.18. The highest BCUT2D eigenvalue weighted by Gasteiger charge is 2.28. The monoisotopic (exact) mass is 299 g/mol. The summed E-state index contributed by atoms with van der Waals surface area (Å²) in [5.41, 5.74) is 0. The average molecular weight is 299 g/mol. The van der Waals surface area contributed by atoms with Crippen molar-refractivity contribution in [2.75, 3.05) is 19.0 Å². The number of pyridine rings is 1. The van der Waals surface area contributed by atoms with Gasteiger partial charge in [-0.05, 0) is 38.3 Å². The molecule has 0 aromatic carbocycles. The Morgan fingerprint density at radius 1 is 1.40 bits per heavy atom. The number of aromatic nitrogens is 1. The molecule has 1 saturated carbocycles. The Labute approximate surface area is 120 Å². The molecule has 7 heteroatoms. The van der Waals surface area contributed by atoms with E-state index in [9.17, 15) is 8.42 Å². The minimum absolute atomic E-state index is 0.0570. The fourth-order valence-corrected chi connectivity index (χ4v) is 3.60. The van der Waals surface area contributed by atoms with Gasteiger partial charge in [-0.15, -0.1) is 0 Å². The fraction of sp³-hybridized carbons (Fsp3) is 0.615. The van der Waals surface area contributed by atoms with Crippen molar-refractivity contribution < 1.29 is 13.2 Å². The lowest BCUT2D eigenvalue weighted by molar-refractivity contribution is 0.107. The number of nitrogens with zero attached hydrogens (tertiary/aromatic N) is 1. The molecule has 1 fully saturated rings. The van der Waals surface area contributed by atoms with Gasteiger partial charge in [0.05, 0.1) is 6.10 Å². The van der Waals surface area contributed by atoms with Gasteiger partial charge in [-0.3, -0.25) is 0 Å². The first kappa shape index (κ1) is 15.2. The predicted molar refractivity (Wildman–Crippen MR) is 77.2 cm³/mol. The molecular formula is C13H21N3O3S. The number of methoxy groups -OCH3 is 1. The molecule has 1 aromatic rings. The third-order valence-corrected chi connectivity index (χ3v) is 4.95. The van der Waals surface area contributed by atoms with Crippen LogP contribution < -0.4 is 10.0 Å². The number of sulfonamides is 1. The molecule has 20 heavy (non-hydrogen) atoms. The molecule has 0 spiro atoms. The zero-order valence-corrected chi connectivity index (χ0v) is 12.6. The number of rotatable bonds is 6. The number of anilines is 1. The van der Waals surface area contributed by atoms with E-state index >= 15 is 0 Å². The average Bonchev–Trinajstić information content (AvgIpc) is 2.87. The van der Waals surface area contributed by atoms with E-state index in [0.29, 0.717) is 5.82 Å². The minimum Gasteiger partial charge on any atom is -0.381 e. The zero-order valence-electron chi connectivity index (χ0n) is 11.8. The van der Waals surface area contributed by atoms with Crippen LogP contribution in [-0.4, -0.2) is 39.2 Å². The van der Waals surface area contributed by atoms with Crippen LogP contribution >= 0.6 is 0 Å². The van der Waals surface area contributed by atoms with Crippen molar-refractivity contribution in [3.05, 3.63) is 18.3 Å². The first-order chi connectivity index (χ1) is 9.55. The summed E-state index contributed by atoms with van der Waals surface area (Å²) in [4.78, 5) is 4.28. The smallest absolute Gasteiger partial charge is 0.242 e. The highest BCUT2D eigenvalue weighted by Crippen LogP contribution is 2.23. The first-order valence-corrected chi connectivity index (χ1v) is 8.28. The van der Waals surface area contributed by atoms with Crippen molar-refractivity contribution in [3.8, 4) is 0 Å². The Balaban J connectivity index is 2.03. The molecule has 1 aliphatic rings. The number of nitrogens with one attached hydrogen (secondary N) is 2. The van der Waals surface area contributed by atoms with E-state index in [2.05, 4.69) is 15.0 Å².